The smallest absolute Gasteiger partial charge is 0.240 e. The molecule has 0 atom stereocenters. The first-order chi connectivity index (χ1) is 12.5. The van der Waals surface area contributed by atoms with Crippen molar-refractivity contribution in [2.24, 2.45) is 15.3 Å². The van der Waals surface area contributed by atoms with Crippen LogP contribution in [-0.4, -0.2) is 33.2 Å². The minimum atomic E-state index is -0.0640. The second-order valence-corrected chi connectivity index (χ2v) is 6.24. The van der Waals surface area contributed by atoms with Gasteiger partial charge in [-0.25, -0.2) is 5.43 Å². The summed E-state index contributed by atoms with van der Waals surface area (Å²) in [5.74, 6) is 0.109. The lowest BCUT2D eigenvalue weighted by Gasteiger charge is -2.12. The highest BCUT2D eigenvalue weighted by molar-refractivity contribution is 6.09. The predicted molar refractivity (Wildman–Crippen MR) is 104 cm³/mol. The molecular formula is C19H23N5O2. The molecule has 0 fully saturated rings. The molecule has 0 bridgehead atoms. The number of hydrogen-bond donors (Lipinski definition) is 2. The second-order valence-electron chi connectivity index (χ2n) is 6.24. The van der Waals surface area contributed by atoms with Gasteiger partial charge in [-0.2, -0.15) is 15.3 Å². The van der Waals surface area contributed by atoms with Gasteiger partial charge in [-0.05, 0) is 31.9 Å². The van der Waals surface area contributed by atoms with Crippen LogP contribution < -0.4 is 5.43 Å². The van der Waals surface area contributed by atoms with E-state index in [1.807, 2.05) is 43.5 Å². The maximum absolute atomic E-state index is 11.3. The zero-order valence-electron chi connectivity index (χ0n) is 15.3. The molecule has 0 radical (unpaired) electrons. The molecule has 0 spiro atoms. The van der Waals surface area contributed by atoms with Crippen LogP contribution in [-0.2, 0) is 11.3 Å². The Kier molecular flexibility index (Phi) is 5.16. The van der Waals surface area contributed by atoms with Gasteiger partial charge in [0.2, 0.25) is 11.8 Å². The van der Waals surface area contributed by atoms with E-state index in [0.717, 1.165) is 34.3 Å². The molecule has 2 aromatic rings. The minimum Gasteiger partial charge on any atom is -0.494 e. The Morgan fingerprint density at radius 2 is 2.19 bits per heavy atom. The highest BCUT2D eigenvalue weighted by Gasteiger charge is 2.18. The fourth-order valence-corrected chi connectivity index (χ4v) is 2.93. The number of aromatic hydroxyl groups is 1. The molecule has 1 amide bonds. The largest absolute Gasteiger partial charge is 0.494 e. The number of rotatable bonds is 5. The molecule has 136 valence electrons. The minimum absolute atomic E-state index is 0.0640. The van der Waals surface area contributed by atoms with Crippen LogP contribution in [0, 0.1) is 0 Å². The number of fused-ring (bicyclic) bond motifs is 1. The van der Waals surface area contributed by atoms with Crippen molar-refractivity contribution in [2.75, 3.05) is 0 Å². The number of aryl methyl sites for hydroxylation is 1. The van der Waals surface area contributed by atoms with E-state index in [2.05, 4.69) is 20.7 Å². The van der Waals surface area contributed by atoms with E-state index < -0.39 is 0 Å². The van der Waals surface area contributed by atoms with Gasteiger partial charge in [0, 0.05) is 30.5 Å². The third-order valence-electron chi connectivity index (χ3n) is 4.56. The van der Waals surface area contributed by atoms with Crippen molar-refractivity contribution >= 4 is 34.4 Å². The van der Waals surface area contributed by atoms with Crippen LogP contribution in [0.1, 0.15) is 51.2 Å². The van der Waals surface area contributed by atoms with E-state index in [0.29, 0.717) is 24.9 Å². The van der Waals surface area contributed by atoms with E-state index >= 15 is 0 Å². The van der Waals surface area contributed by atoms with Crippen LogP contribution in [0.15, 0.2) is 33.5 Å². The average molecular weight is 353 g/mol. The van der Waals surface area contributed by atoms with Gasteiger partial charge < -0.3 is 9.67 Å². The summed E-state index contributed by atoms with van der Waals surface area (Å²) in [6.07, 6.45) is 3.47. The topological polar surface area (TPSA) is 91.3 Å². The number of hydrazone groups is 1. The standard InChI is InChI=1S/C19H23N5O2/c1-4-12(3)21-20-11-15-14-7-6-13(16-8-9-18(25)23-22-16)10-17(14)24(5-2)19(15)26/h6-7,10-11,26H,4-5,8-9H2,1-3H3,(H,23,25). The first kappa shape index (κ1) is 17.8. The second kappa shape index (κ2) is 7.51. The number of hydrogen-bond acceptors (Lipinski definition) is 5. The van der Waals surface area contributed by atoms with Crippen molar-refractivity contribution in [3.8, 4) is 5.88 Å². The molecule has 7 heteroatoms. The van der Waals surface area contributed by atoms with E-state index in [-0.39, 0.29) is 11.8 Å². The summed E-state index contributed by atoms with van der Waals surface area (Å²) in [5, 5.41) is 23.9. The summed E-state index contributed by atoms with van der Waals surface area (Å²) >= 11 is 0. The molecule has 2 N–H and O–H groups in total. The zero-order valence-corrected chi connectivity index (χ0v) is 15.3. The van der Waals surface area contributed by atoms with Crippen molar-refractivity contribution in [1.29, 1.82) is 0 Å². The number of benzene rings is 1. The van der Waals surface area contributed by atoms with Crippen molar-refractivity contribution in [3.05, 3.63) is 29.3 Å². The number of nitrogens with one attached hydrogen (secondary N) is 1. The molecule has 1 aromatic heterocycles. The third kappa shape index (κ3) is 3.37. The van der Waals surface area contributed by atoms with Gasteiger partial charge in [-0.1, -0.05) is 19.1 Å². The highest BCUT2D eigenvalue weighted by Crippen LogP contribution is 2.31. The van der Waals surface area contributed by atoms with Gasteiger partial charge in [-0.3, -0.25) is 4.79 Å². The van der Waals surface area contributed by atoms with E-state index in [4.69, 9.17) is 0 Å². The normalized spacial score (nSPS) is 15.6. The van der Waals surface area contributed by atoms with E-state index in [1.165, 1.54) is 0 Å². The molecular weight excluding hydrogens is 330 g/mol. The summed E-state index contributed by atoms with van der Waals surface area (Å²) in [4.78, 5) is 11.3. The van der Waals surface area contributed by atoms with Gasteiger partial charge in [-0.15, -0.1) is 0 Å². The highest BCUT2D eigenvalue weighted by atomic mass is 16.3. The molecule has 7 nitrogen and oxygen atoms in total. The monoisotopic (exact) mass is 353 g/mol. The maximum atomic E-state index is 11.3. The fraction of sp³-hybridized carbons (Fsp3) is 0.368. The molecule has 26 heavy (non-hydrogen) atoms. The van der Waals surface area contributed by atoms with E-state index in [9.17, 15) is 9.90 Å². The Bertz CT molecular complexity index is 937. The molecule has 3 rings (SSSR count). The van der Waals surface area contributed by atoms with Crippen molar-refractivity contribution in [1.82, 2.24) is 9.99 Å². The summed E-state index contributed by atoms with van der Waals surface area (Å²) in [6, 6.07) is 5.90. The Balaban J connectivity index is 2.06. The molecule has 1 aliphatic heterocycles. The molecule has 0 saturated heterocycles. The van der Waals surface area contributed by atoms with Crippen LogP contribution in [0.2, 0.25) is 0 Å². The first-order valence-electron chi connectivity index (χ1n) is 8.82. The number of carbonyl (C=O) groups is 1. The Hall–Kier alpha value is -2.96. The molecule has 1 aliphatic rings. The molecule has 1 aromatic carbocycles. The lowest BCUT2D eigenvalue weighted by molar-refractivity contribution is -0.121. The summed E-state index contributed by atoms with van der Waals surface area (Å²) < 4.78 is 1.83. The molecule has 0 aliphatic carbocycles. The van der Waals surface area contributed by atoms with Gasteiger partial charge in [0.1, 0.15) is 0 Å². The Morgan fingerprint density at radius 1 is 1.38 bits per heavy atom. The summed E-state index contributed by atoms with van der Waals surface area (Å²) in [5.41, 5.74) is 6.79. The quantitative estimate of drug-likeness (QED) is 0.638. The van der Waals surface area contributed by atoms with Crippen LogP contribution in [0.5, 0.6) is 5.88 Å². The Labute approximate surface area is 152 Å². The summed E-state index contributed by atoms with van der Waals surface area (Å²) in [7, 11) is 0. The predicted octanol–water partition coefficient (Wildman–Crippen LogP) is 3.19. The van der Waals surface area contributed by atoms with Crippen molar-refractivity contribution in [3.63, 3.8) is 0 Å². The van der Waals surface area contributed by atoms with Crippen LogP contribution in [0.25, 0.3) is 10.9 Å². The third-order valence-corrected chi connectivity index (χ3v) is 4.56. The van der Waals surface area contributed by atoms with Gasteiger partial charge >= 0.3 is 0 Å². The average Bonchev–Trinajstić information content (AvgIpc) is 2.92. The van der Waals surface area contributed by atoms with Crippen LogP contribution >= 0.6 is 0 Å². The lowest BCUT2D eigenvalue weighted by Crippen LogP contribution is -2.25. The molecule has 0 saturated carbocycles. The number of amides is 1. The van der Waals surface area contributed by atoms with Crippen LogP contribution in [0.3, 0.4) is 0 Å². The van der Waals surface area contributed by atoms with Gasteiger partial charge in [0.25, 0.3) is 0 Å². The maximum Gasteiger partial charge on any atom is 0.240 e. The number of aromatic nitrogens is 1. The molecule has 2 heterocycles. The zero-order chi connectivity index (χ0) is 18.7. The number of nitrogens with zero attached hydrogens (tertiary/aromatic N) is 4. The van der Waals surface area contributed by atoms with Crippen molar-refractivity contribution < 1.29 is 9.90 Å². The number of carbonyl (C=O) groups excluding carboxylic acids is 1. The van der Waals surface area contributed by atoms with E-state index in [1.54, 1.807) is 6.21 Å². The first-order valence-corrected chi connectivity index (χ1v) is 8.82. The molecule has 0 unspecified atom stereocenters. The summed E-state index contributed by atoms with van der Waals surface area (Å²) in [6.45, 7) is 6.54. The van der Waals surface area contributed by atoms with Gasteiger partial charge in [0.05, 0.1) is 23.0 Å². The fourth-order valence-electron chi connectivity index (χ4n) is 2.93. The Morgan fingerprint density at radius 3 is 2.85 bits per heavy atom. The SMILES string of the molecule is CCC(C)=NN=Cc1c(O)n(CC)c2cc(C3=NNC(=O)CC3)ccc12. The van der Waals surface area contributed by atoms with Crippen LogP contribution in [0.4, 0.5) is 0 Å². The van der Waals surface area contributed by atoms with Crippen molar-refractivity contribution in [2.45, 2.75) is 46.6 Å². The van der Waals surface area contributed by atoms with Gasteiger partial charge in [0.15, 0.2) is 0 Å². The lowest BCUT2D eigenvalue weighted by atomic mass is 10.0.